The van der Waals surface area contributed by atoms with E-state index in [9.17, 15) is 9.18 Å². The number of anilines is 1. The molecule has 28 heavy (non-hydrogen) atoms. The second kappa shape index (κ2) is 8.75. The summed E-state index contributed by atoms with van der Waals surface area (Å²) in [5, 5.41) is 11.2. The van der Waals surface area contributed by atoms with E-state index in [2.05, 4.69) is 15.5 Å². The first-order valence-electron chi connectivity index (χ1n) is 8.47. The molecule has 7 nitrogen and oxygen atoms in total. The number of ether oxygens (including phenoxy) is 1. The van der Waals surface area contributed by atoms with Gasteiger partial charge in [-0.1, -0.05) is 30.0 Å². The van der Waals surface area contributed by atoms with E-state index in [1.54, 1.807) is 26.2 Å². The number of benzene rings is 2. The molecule has 0 saturated carbocycles. The standard InChI is InChI=1S/C19H20FN5O2S/c1-12-3-6-14(10-16(12)20)22-18(26)11-28-19-24-23-17(25(19)21)9-13-4-7-15(27-2)8-5-13/h3-8,10H,9,11,21H2,1-2H3,(H,22,26). The largest absolute Gasteiger partial charge is 0.497 e. The molecule has 0 aliphatic heterocycles. The van der Waals surface area contributed by atoms with E-state index in [0.29, 0.717) is 28.7 Å². The maximum absolute atomic E-state index is 13.6. The number of nitrogens with zero attached hydrogens (tertiary/aromatic N) is 3. The van der Waals surface area contributed by atoms with Crippen LogP contribution in [0, 0.1) is 12.7 Å². The third-order valence-corrected chi connectivity index (χ3v) is 4.99. The van der Waals surface area contributed by atoms with Crippen LogP contribution in [-0.2, 0) is 11.2 Å². The second-order valence-electron chi connectivity index (χ2n) is 6.09. The van der Waals surface area contributed by atoms with Crippen molar-refractivity contribution in [2.24, 2.45) is 0 Å². The van der Waals surface area contributed by atoms with Gasteiger partial charge in [-0.2, -0.15) is 0 Å². The Balaban J connectivity index is 1.57. The number of carbonyl (C=O) groups is 1. The minimum atomic E-state index is -0.365. The Morgan fingerprint density at radius 1 is 1.25 bits per heavy atom. The lowest BCUT2D eigenvalue weighted by Gasteiger charge is -2.07. The minimum absolute atomic E-state index is 0.0768. The van der Waals surface area contributed by atoms with Crippen LogP contribution in [0.15, 0.2) is 47.6 Å². The molecular weight excluding hydrogens is 381 g/mol. The predicted octanol–water partition coefficient (Wildman–Crippen LogP) is 2.77. The van der Waals surface area contributed by atoms with Gasteiger partial charge in [-0.05, 0) is 42.3 Å². The lowest BCUT2D eigenvalue weighted by molar-refractivity contribution is -0.113. The summed E-state index contributed by atoms with van der Waals surface area (Å²) < 4.78 is 20.1. The van der Waals surface area contributed by atoms with E-state index in [1.165, 1.54) is 10.7 Å². The number of rotatable bonds is 7. The molecule has 3 N–H and O–H groups in total. The number of hydrogen-bond donors (Lipinski definition) is 2. The van der Waals surface area contributed by atoms with Crippen LogP contribution in [0.25, 0.3) is 0 Å². The maximum atomic E-state index is 13.6. The fourth-order valence-corrected chi connectivity index (χ4v) is 3.13. The van der Waals surface area contributed by atoms with Gasteiger partial charge in [0.2, 0.25) is 11.1 Å². The van der Waals surface area contributed by atoms with Crippen molar-refractivity contribution < 1.29 is 13.9 Å². The third-order valence-electron chi connectivity index (χ3n) is 4.04. The van der Waals surface area contributed by atoms with Crippen LogP contribution in [0.1, 0.15) is 17.0 Å². The molecule has 3 rings (SSSR count). The Hall–Kier alpha value is -3.07. The molecule has 0 radical (unpaired) electrons. The second-order valence-corrected chi connectivity index (χ2v) is 7.04. The first-order valence-corrected chi connectivity index (χ1v) is 9.46. The number of carbonyl (C=O) groups excluding carboxylic acids is 1. The molecular formula is C19H20FN5O2S. The molecule has 0 fully saturated rings. The first-order chi connectivity index (χ1) is 13.5. The summed E-state index contributed by atoms with van der Waals surface area (Å²) in [6.45, 7) is 1.66. The van der Waals surface area contributed by atoms with Crippen molar-refractivity contribution in [1.29, 1.82) is 0 Å². The number of aryl methyl sites for hydroxylation is 1. The minimum Gasteiger partial charge on any atom is -0.497 e. The molecule has 0 saturated heterocycles. The van der Waals surface area contributed by atoms with E-state index in [-0.39, 0.29) is 17.5 Å². The monoisotopic (exact) mass is 401 g/mol. The quantitative estimate of drug-likeness (QED) is 0.467. The van der Waals surface area contributed by atoms with Gasteiger partial charge in [0.1, 0.15) is 11.6 Å². The van der Waals surface area contributed by atoms with Crippen molar-refractivity contribution in [3.05, 3.63) is 65.2 Å². The van der Waals surface area contributed by atoms with Gasteiger partial charge in [-0.15, -0.1) is 10.2 Å². The van der Waals surface area contributed by atoms with Crippen LogP contribution in [0.4, 0.5) is 10.1 Å². The molecule has 1 aromatic heterocycles. The SMILES string of the molecule is COc1ccc(Cc2nnc(SCC(=O)Nc3ccc(C)c(F)c3)n2N)cc1. The zero-order chi connectivity index (χ0) is 20.1. The lowest BCUT2D eigenvalue weighted by atomic mass is 10.1. The number of nitrogen functional groups attached to an aromatic ring is 1. The predicted molar refractivity (Wildman–Crippen MR) is 106 cm³/mol. The van der Waals surface area contributed by atoms with Gasteiger partial charge in [0.05, 0.1) is 12.9 Å². The molecule has 0 aliphatic carbocycles. The average molecular weight is 401 g/mol. The van der Waals surface area contributed by atoms with Gasteiger partial charge in [0, 0.05) is 12.1 Å². The highest BCUT2D eigenvalue weighted by Crippen LogP contribution is 2.19. The number of amides is 1. The van der Waals surface area contributed by atoms with Gasteiger partial charge < -0.3 is 15.9 Å². The number of aromatic nitrogens is 3. The van der Waals surface area contributed by atoms with E-state index in [4.69, 9.17) is 10.6 Å². The molecule has 0 atom stereocenters. The Labute approximate surface area is 166 Å². The smallest absolute Gasteiger partial charge is 0.234 e. The van der Waals surface area contributed by atoms with Crippen molar-refractivity contribution in [1.82, 2.24) is 14.9 Å². The molecule has 2 aromatic carbocycles. The summed E-state index contributed by atoms with van der Waals surface area (Å²) in [6.07, 6.45) is 0.503. The fraction of sp³-hybridized carbons (Fsp3) is 0.211. The van der Waals surface area contributed by atoms with Crippen LogP contribution >= 0.6 is 11.8 Å². The molecule has 0 aliphatic rings. The fourth-order valence-electron chi connectivity index (χ4n) is 2.45. The molecule has 0 bridgehead atoms. The zero-order valence-electron chi connectivity index (χ0n) is 15.5. The van der Waals surface area contributed by atoms with Gasteiger partial charge >= 0.3 is 0 Å². The highest BCUT2D eigenvalue weighted by atomic mass is 32.2. The average Bonchev–Trinajstić information content (AvgIpc) is 3.03. The molecule has 1 amide bonds. The van der Waals surface area contributed by atoms with Crippen LogP contribution in [0.5, 0.6) is 5.75 Å². The maximum Gasteiger partial charge on any atom is 0.234 e. The molecule has 0 spiro atoms. The van der Waals surface area contributed by atoms with Crippen molar-refractivity contribution >= 4 is 23.4 Å². The molecule has 0 unspecified atom stereocenters. The summed E-state index contributed by atoms with van der Waals surface area (Å²) >= 11 is 1.16. The van der Waals surface area contributed by atoms with E-state index in [1.807, 2.05) is 24.3 Å². The zero-order valence-corrected chi connectivity index (χ0v) is 16.3. The third kappa shape index (κ3) is 4.80. The summed E-state index contributed by atoms with van der Waals surface area (Å²) in [5.41, 5.74) is 1.94. The van der Waals surface area contributed by atoms with E-state index in [0.717, 1.165) is 23.1 Å². The summed E-state index contributed by atoms with van der Waals surface area (Å²) in [4.78, 5) is 12.1. The van der Waals surface area contributed by atoms with Crippen LogP contribution < -0.4 is 15.9 Å². The molecule has 1 heterocycles. The van der Waals surface area contributed by atoms with Gasteiger partial charge in [0.15, 0.2) is 5.82 Å². The Morgan fingerprint density at radius 2 is 2.00 bits per heavy atom. The molecule has 3 aromatic rings. The van der Waals surface area contributed by atoms with Crippen LogP contribution in [-0.4, -0.2) is 33.6 Å². The summed E-state index contributed by atoms with van der Waals surface area (Å²) in [6, 6.07) is 12.1. The summed E-state index contributed by atoms with van der Waals surface area (Å²) in [7, 11) is 1.61. The number of thioether (sulfide) groups is 1. The highest BCUT2D eigenvalue weighted by Gasteiger charge is 2.13. The molecule has 9 heteroatoms. The van der Waals surface area contributed by atoms with E-state index >= 15 is 0 Å². The summed E-state index contributed by atoms with van der Waals surface area (Å²) in [5.74, 6) is 6.82. The number of methoxy groups -OCH3 is 1. The molecule has 146 valence electrons. The Bertz CT molecular complexity index is 975. The number of halogens is 1. The highest BCUT2D eigenvalue weighted by molar-refractivity contribution is 7.99. The Morgan fingerprint density at radius 3 is 2.68 bits per heavy atom. The van der Waals surface area contributed by atoms with Crippen molar-refractivity contribution in [3.8, 4) is 5.75 Å². The van der Waals surface area contributed by atoms with Crippen molar-refractivity contribution in [2.75, 3.05) is 24.0 Å². The van der Waals surface area contributed by atoms with Crippen molar-refractivity contribution in [2.45, 2.75) is 18.5 Å². The normalized spacial score (nSPS) is 10.7. The number of nitrogens with two attached hydrogens (primary N) is 1. The van der Waals surface area contributed by atoms with Gasteiger partial charge in [-0.3, -0.25) is 4.79 Å². The number of nitrogens with one attached hydrogen (secondary N) is 1. The number of hydrogen-bond acceptors (Lipinski definition) is 6. The van der Waals surface area contributed by atoms with Gasteiger partial charge in [-0.25, -0.2) is 9.07 Å². The van der Waals surface area contributed by atoms with Crippen LogP contribution in [0.3, 0.4) is 0 Å². The van der Waals surface area contributed by atoms with Gasteiger partial charge in [0.25, 0.3) is 0 Å². The topological polar surface area (TPSA) is 95.1 Å². The Kier molecular flexibility index (Phi) is 6.15. The lowest BCUT2D eigenvalue weighted by Crippen LogP contribution is -2.17. The van der Waals surface area contributed by atoms with Crippen molar-refractivity contribution in [3.63, 3.8) is 0 Å². The van der Waals surface area contributed by atoms with Crippen LogP contribution in [0.2, 0.25) is 0 Å². The van der Waals surface area contributed by atoms with E-state index < -0.39 is 0 Å². The first kappa shape index (κ1) is 19.7.